The van der Waals surface area contributed by atoms with Crippen molar-refractivity contribution in [3.8, 4) is 11.4 Å². The van der Waals surface area contributed by atoms with Crippen LogP contribution >= 0.6 is 15.9 Å². The van der Waals surface area contributed by atoms with Crippen molar-refractivity contribution < 1.29 is 9.53 Å². The number of tetrazole rings is 1. The number of benzene rings is 2. The molecule has 7 nitrogen and oxygen atoms in total. The molecule has 8 heteroatoms. The lowest BCUT2D eigenvalue weighted by Crippen LogP contribution is -2.24. The molecule has 134 valence electrons. The first-order valence-electron chi connectivity index (χ1n) is 8.11. The molecule has 0 saturated carbocycles. The fourth-order valence-corrected chi connectivity index (χ4v) is 2.58. The molecule has 0 spiro atoms. The normalized spacial score (nSPS) is 10.8. The third kappa shape index (κ3) is 4.45. The molecule has 0 aliphatic rings. The van der Waals surface area contributed by atoms with E-state index in [0.29, 0.717) is 11.4 Å². The van der Waals surface area contributed by atoms with Gasteiger partial charge in [-0.2, -0.15) is 4.68 Å². The number of hydrogen-bond donors (Lipinski definition) is 1. The van der Waals surface area contributed by atoms with E-state index in [-0.39, 0.29) is 18.6 Å². The third-order valence-corrected chi connectivity index (χ3v) is 4.03. The van der Waals surface area contributed by atoms with Gasteiger partial charge in [-0.1, -0.05) is 15.9 Å². The smallest absolute Gasteiger partial charge is 0.251 e. The number of amides is 1. The van der Waals surface area contributed by atoms with E-state index >= 15 is 0 Å². The van der Waals surface area contributed by atoms with E-state index in [4.69, 9.17) is 4.74 Å². The fourth-order valence-electron chi connectivity index (χ4n) is 2.32. The molecule has 3 aromatic rings. The molecule has 0 unspecified atom stereocenters. The number of nitrogens with one attached hydrogen (secondary N) is 1. The molecule has 0 bridgehead atoms. The highest BCUT2D eigenvalue weighted by Crippen LogP contribution is 2.15. The third-order valence-electron chi connectivity index (χ3n) is 3.50. The van der Waals surface area contributed by atoms with Gasteiger partial charge >= 0.3 is 0 Å². The summed E-state index contributed by atoms with van der Waals surface area (Å²) in [6.07, 6.45) is 0.0900. The molecule has 0 aliphatic carbocycles. The molecule has 1 N–H and O–H groups in total. The van der Waals surface area contributed by atoms with E-state index in [1.165, 1.54) is 0 Å². The van der Waals surface area contributed by atoms with Crippen LogP contribution in [0.4, 0.5) is 0 Å². The van der Waals surface area contributed by atoms with Crippen LogP contribution in [0.5, 0.6) is 5.75 Å². The van der Waals surface area contributed by atoms with E-state index < -0.39 is 0 Å². The lowest BCUT2D eigenvalue weighted by molar-refractivity contribution is 0.0949. The molecule has 1 aromatic heterocycles. The minimum atomic E-state index is -0.202. The van der Waals surface area contributed by atoms with Crippen LogP contribution in [0.15, 0.2) is 53.0 Å². The Labute approximate surface area is 159 Å². The van der Waals surface area contributed by atoms with Crippen molar-refractivity contribution >= 4 is 21.8 Å². The maximum atomic E-state index is 12.3. The van der Waals surface area contributed by atoms with Crippen molar-refractivity contribution in [1.29, 1.82) is 0 Å². The summed E-state index contributed by atoms with van der Waals surface area (Å²) in [6, 6.07) is 14.6. The van der Waals surface area contributed by atoms with Gasteiger partial charge in [0.2, 0.25) is 0 Å². The minimum absolute atomic E-state index is 0.0900. The molecular formula is C18H18BrN5O2. The maximum absolute atomic E-state index is 12.3. The Morgan fingerprint density at radius 3 is 2.50 bits per heavy atom. The second-order valence-corrected chi connectivity index (χ2v) is 6.77. The van der Waals surface area contributed by atoms with Crippen LogP contribution in [0.1, 0.15) is 30.0 Å². The molecule has 0 atom stereocenters. The SMILES string of the molecule is CC(C)Oc1ccc(C(=O)NCc2nnnn2-c2ccc(Br)cc2)cc1. The molecule has 0 fully saturated rings. The predicted octanol–water partition coefficient (Wildman–Crippen LogP) is 3.14. The highest BCUT2D eigenvalue weighted by Gasteiger charge is 2.11. The van der Waals surface area contributed by atoms with E-state index in [9.17, 15) is 4.79 Å². The molecule has 1 heterocycles. The predicted molar refractivity (Wildman–Crippen MR) is 100 cm³/mol. The average molecular weight is 416 g/mol. The van der Waals surface area contributed by atoms with Crippen LogP contribution in [-0.2, 0) is 6.54 Å². The second-order valence-electron chi connectivity index (χ2n) is 5.86. The van der Waals surface area contributed by atoms with Gasteiger partial charge in [0.15, 0.2) is 5.82 Å². The highest BCUT2D eigenvalue weighted by atomic mass is 79.9. The number of rotatable bonds is 6. The summed E-state index contributed by atoms with van der Waals surface area (Å²) in [5.74, 6) is 1.07. The van der Waals surface area contributed by atoms with Crippen molar-refractivity contribution in [2.75, 3.05) is 0 Å². The molecule has 26 heavy (non-hydrogen) atoms. The van der Waals surface area contributed by atoms with Crippen LogP contribution < -0.4 is 10.1 Å². The van der Waals surface area contributed by atoms with E-state index in [2.05, 4.69) is 36.8 Å². The summed E-state index contributed by atoms with van der Waals surface area (Å²) in [7, 11) is 0. The molecular weight excluding hydrogens is 398 g/mol. The van der Waals surface area contributed by atoms with Gasteiger partial charge in [-0.25, -0.2) is 0 Å². The maximum Gasteiger partial charge on any atom is 0.251 e. The Balaban J connectivity index is 1.65. The number of aromatic nitrogens is 4. The average Bonchev–Trinajstić information content (AvgIpc) is 3.09. The van der Waals surface area contributed by atoms with Gasteiger partial charge in [0, 0.05) is 10.0 Å². The van der Waals surface area contributed by atoms with Crippen LogP contribution in [0.2, 0.25) is 0 Å². The standard InChI is InChI=1S/C18H18BrN5O2/c1-12(2)26-16-9-3-13(4-10-16)18(25)20-11-17-21-22-23-24(17)15-7-5-14(19)6-8-15/h3-10,12H,11H2,1-2H3,(H,20,25). The first-order valence-corrected chi connectivity index (χ1v) is 8.90. The van der Waals surface area contributed by atoms with Crippen LogP contribution in [-0.4, -0.2) is 32.2 Å². The minimum Gasteiger partial charge on any atom is -0.491 e. The van der Waals surface area contributed by atoms with Gasteiger partial charge in [-0.05, 0) is 72.8 Å². The Kier molecular flexibility index (Phi) is 5.62. The summed E-state index contributed by atoms with van der Waals surface area (Å²) >= 11 is 3.39. The van der Waals surface area contributed by atoms with Crippen LogP contribution in [0.3, 0.4) is 0 Å². The van der Waals surface area contributed by atoms with Gasteiger partial charge < -0.3 is 10.1 Å². The monoisotopic (exact) mass is 415 g/mol. The molecule has 0 saturated heterocycles. The van der Waals surface area contributed by atoms with Crippen molar-refractivity contribution in [2.45, 2.75) is 26.5 Å². The molecule has 3 rings (SSSR count). The fraction of sp³-hybridized carbons (Fsp3) is 0.222. The Hall–Kier alpha value is -2.74. The van der Waals surface area contributed by atoms with Gasteiger partial charge in [0.1, 0.15) is 5.75 Å². The summed E-state index contributed by atoms with van der Waals surface area (Å²) in [5.41, 5.74) is 1.36. The van der Waals surface area contributed by atoms with Crippen LogP contribution in [0.25, 0.3) is 5.69 Å². The number of carbonyl (C=O) groups excluding carboxylic acids is 1. The summed E-state index contributed by atoms with van der Waals surface area (Å²) in [4.78, 5) is 12.3. The Morgan fingerprint density at radius 2 is 1.85 bits per heavy atom. The number of halogens is 1. The lowest BCUT2D eigenvalue weighted by Gasteiger charge is -2.10. The number of carbonyl (C=O) groups is 1. The quantitative estimate of drug-likeness (QED) is 0.668. The van der Waals surface area contributed by atoms with Gasteiger partial charge in [0.05, 0.1) is 18.3 Å². The zero-order valence-corrected chi connectivity index (χ0v) is 16.0. The topological polar surface area (TPSA) is 81.9 Å². The zero-order valence-electron chi connectivity index (χ0n) is 14.4. The van der Waals surface area contributed by atoms with Gasteiger partial charge in [-0.3, -0.25) is 4.79 Å². The molecule has 1 amide bonds. The van der Waals surface area contributed by atoms with Crippen molar-refractivity contribution in [1.82, 2.24) is 25.5 Å². The van der Waals surface area contributed by atoms with E-state index in [1.54, 1.807) is 28.9 Å². The van der Waals surface area contributed by atoms with Crippen molar-refractivity contribution in [2.24, 2.45) is 0 Å². The summed E-state index contributed by atoms with van der Waals surface area (Å²) in [5, 5.41) is 14.5. The van der Waals surface area contributed by atoms with Gasteiger partial charge in [-0.15, -0.1) is 5.10 Å². The van der Waals surface area contributed by atoms with E-state index in [0.717, 1.165) is 15.9 Å². The molecule has 2 aromatic carbocycles. The van der Waals surface area contributed by atoms with Gasteiger partial charge in [0.25, 0.3) is 5.91 Å². The lowest BCUT2D eigenvalue weighted by atomic mass is 10.2. The Bertz CT molecular complexity index is 875. The summed E-state index contributed by atoms with van der Waals surface area (Å²) in [6.45, 7) is 4.12. The van der Waals surface area contributed by atoms with Crippen molar-refractivity contribution in [3.63, 3.8) is 0 Å². The molecule has 0 aliphatic heterocycles. The first kappa shape index (κ1) is 18.1. The first-order chi connectivity index (χ1) is 12.5. The van der Waals surface area contributed by atoms with Crippen molar-refractivity contribution in [3.05, 3.63) is 64.4 Å². The molecule has 0 radical (unpaired) electrons. The van der Waals surface area contributed by atoms with E-state index in [1.807, 2.05) is 38.1 Å². The second kappa shape index (κ2) is 8.09. The number of nitrogens with zero attached hydrogens (tertiary/aromatic N) is 4. The number of ether oxygens (including phenoxy) is 1. The summed E-state index contributed by atoms with van der Waals surface area (Å²) < 4.78 is 8.13. The zero-order chi connectivity index (χ0) is 18.5. The largest absolute Gasteiger partial charge is 0.491 e. The van der Waals surface area contributed by atoms with Crippen LogP contribution in [0, 0.1) is 0 Å². The number of hydrogen-bond acceptors (Lipinski definition) is 5. The Morgan fingerprint density at radius 1 is 1.15 bits per heavy atom. The highest BCUT2D eigenvalue weighted by molar-refractivity contribution is 9.10.